The van der Waals surface area contributed by atoms with E-state index in [4.69, 9.17) is 16.3 Å². The lowest BCUT2D eigenvalue weighted by atomic mass is 10.1. The van der Waals surface area contributed by atoms with Gasteiger partial charge < -0.3 is 25.6 Å². The maximum absolute atomic E-state index is 12.7. The number of halogens is 1. The molecule has 1 saturated heterocycles. The topological polar surface area (TPSA) is 82.7 Å². The zero-order valence-corrected chi connectivity index (χ0v) is 18.8. The molecule has 7 nitrogen and oxygen atoms in total. The molecule has 0 unspecified atom stereocenters. The molecule has 2 fully saturated rings. The van der Waals surface area contributed by atoms with Crippen molar-refractivity contribution in [2.75, 3.05) is 48.4 Å². The van der Waals surface area contributed by atoms with Crippen LogP contribution in [-0.2, 0) is 9.53 Å². The Hall–Kier alpha value is -2.77. The van der Waals surface area contributed by atoms with Gasteiger partial charge in [-0.3, -0.25) is 9.59 Å². The minimum absolute atomic E-state index is 0.0518. The van der Waals surface area contributed by atoms with Crippen LogP contribution >= 0.6 is 11.6 Å². The van der Waals surface area contributed by atoms with Crippen LogP contribution in [0.1, 0.15) is 36.0 Å². The minimum Gasteiger partial charge on any atom is -0.378 e. The molecule has 1 aliphatic carbocycles. The summed E-state index contributed by atoms with van der Waals surface area (Å²) in [5, 5.41) is 9.75. The quantitative estimate of drug-likeness (QED) is 0.588. The summed E-state index contributed by atoms with van der Waals surface area (Å²) in [6, 6.07) is 12.9. The SMILES string of the molecule is O=C(CNc1cc(Cl)ccc1N1CCOCC1)Nc1ccccc1C(=O)NC1CCCC1. The summed E-state index contributed by atoms with van der Waals surface area (Å²) in [7, 11) is 0. The first-order valence-corrected chi connectivity index (χ1v) is 11.5. The summed E-state index contributed by atoms with van der Waals surface area (Å²) in [5.74, 6) is -0.385. The van der Waals surface area contributed by atoms with E-state index in [2.05, 4.69) is 20.9 Å². The van der Waals surface area contributed by atoms with Crippen molar-refractivity contribution < 1.29 is 14.3 Å². The third kappa shape index (κ3) is 5.72. The van der Waals surface area contributed by atoms with Gasteiger partial charge in [0.25, 0.3) is 5.91 Å². The number of ether oxygens (including phenoxy) is 1. The van der Waals surface area contributed by atoms with E-state index in [0.29, 0.717) is 29.5 Å². The molecular weight excluding hydrogens is 428 g/mol. The molecule has 0 bridgehead atoms. The number of carbonyl (C=O) groups is 2. The first-order valence-electron chi connectivity index (χ1n) is 11.2. The minimum atomic E-state index is -0.237. The molecule has 0 spiro atoms. The van der Waals surface area contributed by atoms with Crippen molar-refractivity contribution in [2.45, 2.75) is 31.7 Å². The fourth-order valence-corrected chi connectivity index (χ4v) is 4.40. The van der Waals surface area contributed by atoms with Gasteiger partial charge in [0.1, 0.15) is 0 Å². The number of hydrogen-bond donors (Lipinski definition) is 3. The number of anilines is 3. The van der Waals surface area contributed by atoms with E-state index in [-0.39, 0.29) is 24.4 Å². The largest absolute Gasteiger partial charge is 0.378 e. The number of rotatable bonds is 7. The first kappa shape index (κ1) is 22.4. The van der Waals surface area contributed by atoms with Crippen LogP contribution in [0.5, 0.6) is 0 Å². The number of amides is 2. The number of para-hydroxylation sites is 1. The van der Waals surface area contributed by atoms with Crippen molar-refractivity contribution in [3.05, 3.63) is 53.1 Å². The molecule has 3 N–H and O–H groups in total. The number of morpholine rings is 1. The highest BCUT2D eigenvalue weighted by atomic mass is 35.5. The molecule has 1 aliphatic heterocycles. The summed E-state index contributed by atoms with van der Waals surface area (Å²) >= 11 is 6.20. The average molecular weight is 457 g/mol. The van der Waals surface area contributed by atoms with Crippen LogP contribution < -0.4 is 20.9 Å². The van der Waals surface area contributed by atoms with Gasteiger partial charge in [-0.2, -0.15) is 0 Å². The predicted octanol–water partition coefficient (Wildman–Crippen LogP) is 3.90. The van der Waals surface area contributed by atoms with Crippen LogP contribution in [0.4, 0.5) is 17.1 Å². The van der Waals surface area contributed by atoms with Gasteiger partial charge in [-0.05, 0) is 43.2 Å². The zero-order valence-electron chi connectivity index (χ0n) is 18.0. The van der Waals surface area contributed by atoms with E-state index in [0.717, 1.165) is 50.1 Å². The third-order valence-corrected chi connectivity index (χ3v) is 6.12. The summed E-state index contributed by atoms with van der Waals surface area (Å²) in [5.41, 5.74) is 2.77. The number of nitrogens with zero attached hydrogens (tertiary/aromatic N) is 1. The molecule has 170 valence electrons. The van der Waals surface area contributed by atoms with Crippen molar-refractivity contribution in [2.24, 2.45) is 0 Å². The number of nitrogens with one attached hydrogen (secondary N) is 3. The predicted molar refractivity (Wildman–Crippen MR) is 128 cm³/mol. The van der Waals surface area contributed by atoms with Crippen molar-refractivity contribution in [3.8, 4) is 0 Å². The second-order valence-electron chi connectivity index (χ2n) is 8.16. The highest BCUT2D eigenvalue weighted by molar-refractivity contribution is 6.31. The van der Waals surface area contributed by atoms with E-state index < -0.39 is 0 Å². The molecule has 4 rings (SSSR count). The maximum Gasteiger partial charge on any atom is 0.253 e. The molecule has 32 heavy (non-hydrogen) atoms. The van der Waals surface area contributed by atoms with Crippen LogP contribution in [0.15, 0.2) is 42.5 Å². The van der Waals surface area contributed by atoms with Gasteiger partial charge in [-0.25, -0.2) is 0 Å². The van der Waals surface area contributed by atoms with Crippen LogP contribution in [-0.4, -0.2) is 50.7 Å². The van der Waals surface area contributed by atoms with Crippen LogP contribution in [0.25, 0.3) is 0 Å². The fraction of sp³-hybridized carbons (Fsp3) is 0.417. The van der Waals surface area contributed by atoms with E-state index in [9.17, 15) is 9.59 Å². The van der Waals surface area contributed by atoms with E-state index in [1.807, 2.05) is 24.3 Å². The Labute approximate surface area is 193 Å². The highest BCUT2D eigenvalue weighted by Crippen LogP contribution is 2.30. The monoisotopic (exact) mass is 456 g/mol. The molecule has 1 saturated carbocycles. The Kier molecular flexibility index (Phi) is 7.50. The van der Waals surface area contributed by atoms with Gasteiger partial charge in [0.15, 0.2) is 0 Å². The molecule has 2 aromatic rings. The summed E-state index contributed by atoms with van der Waals surface area (Å²) in [6.45, 7) is 2.96. The fourth-order valence-electron chi connectivity index (χ4n) is 4.22. The Morgan fingerprint density at radius 1 is 1.03 bits per heavy atom. The smallest absolute Gasteiger partial charge is 0.253 e. The summed E-state index contributed by atoms with van der Waals surface area (Å²) in [4.78, 5) is 27.6. The number of carbonyl (C=O) groups excluding carboxylic acids is 2. The Balaban J connectivity index is 1.40. The molecular formula is C24H29ClN4O3. The van der Waals surface area contributed by atoms with Gasteiger partial charge in [0, 0.05) is 24.2 Å². The molecule has 2 aliphatic rings. The van der Waals surface area contributed by atoms with Gasteiger partial charge >= 0.3 is 0 Å². The molecule has 8 heteroatoms. The average Bonchev–Trinajstić information content (AvgIpc) is 3.32. The normalized spacial score (nSPS) is 16.6. The zero-order chi connectivity index (χ0) is 22.3. The summed E-state index contributed by atoms with van der Waals surface area (Å²) in [6.07, 6.45) is 4.31. The first-order chi connectivity index (χ1) is 15.6. The summed E-state index contributed by atoms with van der Waals surface area (Å²) < 4.78 is 5.44. The van der Waals surface area contributed by atoms with Gasteiger partial charge in [0.05, 0.1) is 42.4 Å². The molecule has 0 aromatic heterocycles. The lowest BCUT2D eigenvalue weighted by molar-refractivity contribution is -0.114. The van der Waals surface area contributed by atoms with Crippen LogP contribution in [0.2, 0.25) is 5.02 Å². The molecule has 0 atom stereocenters. The molecule has 2 amide bonds. The van der Waals surface area contributed by atoms with Gasteiger partial charge in [-0.15, -0.1) is 0 Å². The second kappa shape index (κ2) is 10.7. The van der Waals surface area contributed by atoms with Gasteiger partial charge in [0.2, 0.25) is 5.91 Å². The molecule has 0 radical (unpaired) electrons. The third-order valence-electron chi connectivity index (χ3n) is 5.89. The van der Waals surface area contributed by atoms with Crippen LogP contribution in [0.3, 0.4) is 0 Å². The number of hydrogen-bond acceptors (Lipinski definition) is 5. The second-order valence-corrected chi connectivity index (χ2v) is 8.60. The van der Waals surface area contributed by atoms with Crippen LogP contribution in [0, 0.1) is 0 Å². The Morgan fingerprint density at radius 3 is 2.56 bits per heavy atom. The Morgan fingerprint density at radius 2 is 1.78 bits per heavy atom. The van der Waals surface area contributed by atoms with E-state index in [1.54, 1.807) is 18.2 Å². The van der Waals surface area contributed by atoms with Gasteiger partial charge in [-0.1, -0.05) is 36.6 Å². The molecule has 2 aromatic carbocycles. The lowest BCUT2D eigenvalue weighted by Gasteiger charge is -2.30. The van der Waals surface area contributed by atoms with Crippen molar-refractivity contribution >= 4 is 40.5 Å². The van der Waals surface area contributed by atoms with Crippen molar-refractivity contribution in [3.63, 3.8) is 0 Å². The van der Waals surface area contributed by atoms with E-state index in [1.165, 1.54) is 0 Å². The highest BCUT2D eigenvalue weighted by Gasteiger charge is 2.20. The van der Waals surface area contributed by atoms with E-state index >= 15 is 0 Å². The maximum atomic E-state index is 12.7. The Bertz CT molecular complexity index is 956. The van der Waals surface area contributed by atoms with Crippen molar-refractivity contribution in [1.29, 1.82) is 0 Å². The lowest BCUT2D eigenvalue weighted by Crippen LogP contribution is -2.36. The standard InChI is InChI=1S/C24H29ClN4O3/c25-17-9-10-22(29-11-13-32-14-12-29)21(15-17)26-16-23(30)28-20-8-4-3-7-19(20)24(31)27-18-5-1-2-6-18/h3-4,7-10,15,18,26H,1-2,5-6,11-14,16H2,(H,27,31)(H,28,30). The number of benzene rings is 2. The van der Waals surface area contributed by atoms with Crippen molar-refractivity contribution in [1.82, 2.24) is 5.32 Å². The molecule has 1 heterocycles.